The number of rotatable bonds is 27. The Morgan fingerprint density at radius 3 is 0.765 bits per heavy atom. The van der Waals surface area contributed by atoms with Crippen molar-refractivity contribution in [1.29, 1.82) is 0 Å². The van der Waals surface area contributed by atoms with Gasteiger partial charge in [-0.05, 0) is 25.7 Å². The lowest BCUT2D eigenvalue weighted by Gasteiger charge is -2.34. The van der Waals surface area contributed by atoms with Crippen molar-refractivity contribution in [3.63, 3.8) is 0 Å². The Morgan fingerprint density at radius 1 is 0.353 bits per heavy atom. The molecule has 208 valence electrons. The molecular formula is C32H68ClN. The van der Waals surface area contributed by atoms with Crippen LogP contribution in [0.1, 0.15) is 181 Å². The first-order valence-corrected chi connectivity index (χ1v) is 15.8. The number of quaternary nitrogens is 1. The maximum atomic E-state index is 2.42. The summed E-state index contributed by atoms with van der Waals surface area (Å²) in [5.74, 6) is 0. The van der Waals surface area contributed by atoms with Gasteiger partial charge in [0, 0.05) is 0 Å². The Hall–Kier alpha value is 0.250. The van der Waals surface area contributed by atoms with E-state index in [4.69, 9.17) is 0 Å². The van der Waals surface area contributed by atoms with E-state index in [0.29, 0.717) is 0 Å². The summed E-state index contributed by atoms with van der Waals surface area (Å²) in [4.78, 5) is 0. The molecule has 0 saturated heterocycles. The first-order valence-electron chi connectivity index (χ1n) is 15.8. The van der Waals surface area contributed by atoms with Crippen molar-refractivity contribution in [2.45, 2.75) is 187 Å². The van der Waals surface area contributed by atoms with Crippen LogP contribution in [0.25, 0.3) is 0 Å². The van der Waals surface area contributed by atoms with Crippen LogP contribution in [-0.2, 0) is 0 Å². The van der Waals surface area contributed by atoms with Crippen LogP contribution in [0.4, 0.5) is 0 Å². The lowest BCUT2D eigenvalue weighted by molar-refractivity contribution is -0.896. The molecule has 2 heteroatoms. The summed E-state index contributed by atoms with van der Waals surface area (Å²) in [7, 11) is 7.27. The lowest BCUT2D eigenvalue weighted by Crippen LogP contribution is -3.00. The monoisotopic (exact) mass is 502 g/mol. The average Bonchev–Trinajstić information content (AvgIpc) is 2.78. The maximum absolute atomic E-state index is 2.42. The van der Waals surface area contributed by atoms with E-state index in [1.165, 1.54) is 167 Å². The van der Waals surface area contributed by atoms with Crippen molar-refractivity contribution in [1.82, 2.24) is 0 Å². The fourth-order valence-electron chi connectivity index (χ4n) is 5.36. The van der Waals surface area contributed by atoms with Crippen molar-refractivity contribution in [3.8, 4) is 0 Å². The number of hydrogen-bond donors (Lipinski definition) is 0. The highest BCUT2D eigenvalue weighted by Crippen LogP contribution is 2.21. The largest absolute Gasteiger partial charge is 1.00 e. The van der Waals surface area contributed by atoms with E-state index in [1.807, 2.05) is 0 Å². The minimum atomic E-state index is 0. The van der Waals surface area contributed by atoms with Crippen LogP contribution in [0.3, 0.4) is 0 Å². The molecule has 0 saturated carbocycles. The summed E-state index contributed by atoms with van der Waals surface area (Å²) < 4.78 is 1.16. The van der Waals surface area contributed by atoms with E-state index in [0.717, 1.165) is 10.5 Å². The molecule has 0 aliphatic carbocycles. The zero-order valence-corrected chi connectivity index (χ0v) is 25.5. The molecule has 0 radical (unpaired) electrons. The Bertz CT molecular complexity index is 335. The minimum Gasteiger partial charge on any atom is -1.00 e. The van der Waals surface area contributed by atoms with Gasteiger partial charge in [0.1, 0.15) is 0 Å². The molecule has 0 amide bonds. The number of hydrogen-bond acceptors (Lipinski definition) is 0. The van der Waals surface area contributed by atoms with Crippen LogP contribution in [-0.4, -0.2) is 31.7 Å². The molecule has 1 nitrogen and oxygen atoms in total. The fraction of sp³-hybridized carbons (Fsp3) is 1.00. The summed E-state index contributed by atoms with van der Waals surface area (Å²) in [5, 5.41) is 0. The smallest absolute Gasteiger partial charge is 0.0884 e. The molecule has 0 heterocycles. The van der Waals surface area contributed by atoms with E-state index in [2.05, 4.69) is 35.0 Å². The zero-order chi connectivity index (χ0) is 24.5. The highest BCUT2D eigenvalue weighted by Gasteiger charge is 2.22. The number of halogens is 1. The molecule has 0 aliphatic rings. The summed E-state index contributed by atoms with van der Waals surface area (Å²) in [5.41, 5.74) is 0. The highest BCUT2D eigenvalue weighted by molar-refractivity contribution is 4.60. The molecule has 0 aromatic rings. The van der Waals surface area contributed by atoms with Gasteiger partial charge in [0.15, 0.2) is 0 Å². The van der Waals surface area contributed by atoms with Gasteiger partial charge in [-0.15, -0.1) is 0 Å². The molecule has 0 aromatic heterocycles. The SMILES string of the molecule is CCCCCCCCCCCCCCC(CCCCCCCCCCCCCC)[N+](C)(C)C.[Cl-]. The third-order valence-corrected chi connectivity index (χ3v) is 7.88. The van der Waals surface area contributed by atoms with Crippen LogP contribution >= 0.6 is 0 Å². The summed E-state index contributed by atoms with van der Waals surface area (Å²) in [6, 6.07) is 0.872. The van der Waals surface area contributed by atoms with Gasteiger partial charge in [0.25, 0.3) is 0 Å². The van der Waals surface area contributed by atoms with Crippen LogP contribution < -0.4 is 12.4 Å². The van der Waals surface area contributed by atoms with Crippen molar-refractivity contribution >= 4 is 0 Å². The van der Waals surface area contributed by atoms with Crippen LogP contribution in [0, 0.1) is 0 Å². The van der Waals surface area contributed by atoms with Gasteiger partial charge in [0.05, 0.1) is 27.2 Å². The highest BCUT2D eigenvalue weighted by atomic mass is 35.5. The second kappa shape index (κ2) is 27.8. The predicted molar refractivity (Wildman–Crippen MR) is 153 cm³/mol. The molecule has 34 heavy (non-hydrogen) atoms. The van der Waals surface area contributed by atoms with Crippen LogP contribution in [0.2, 0.25) is 0 Å². The molecule has 0 rings (SSSR count). The number of nitrogens with zero attached hydrogens (tertiary/aromatic N) is 1. The van der Waals surface area contributed by atoms with Gasteiger partial charge >= 0.3 is 0 Å². The summed E-state index contributed by atoms with van der Waals surface area (Å²) >= 11 is 0. The predicted octanol–water partition coefficient (Wildman–Crippen LogP) is 8.25. The molecule has 0 bridgehead atoms. The van der Waals surface area contributed by atoms with Crippen molar-refractivity contribution in [3.05, 3.63) is 0 Å². The van der Waals surface area contributed by atoms with Crippen molar-refractivity contribution in [2.75, 3.05) is 21.1 Å². The number of unbranched alkanes of at least 4 members (excludes halogenated alkanes) is 22. The van der Waals surface area contributed by atoms with E-state index >= 15 is 0 Å². The Labute approximate surface area is 224 Å². The second-order valence-electron chi connectivity index (χ2n) is 12.1. The van der Waals surface area contributed by atoms with Gasteiger partial charge in [-0.3, -0.25) is 0 Å². The standard InChI is InChI=1S/C32H68N.ClH/c1-6-8-10-12-14-16-18-20-22-24-26-28-30-32(33(3,4)5)31-29-27-25-23-21-19-17-15-13-11-9-7-2;/h32H,6-31H2,1-5H3;1H/q+1;/p-1. The normalized spacial score (nSPS) is 11.8. The van der Waals surface area contributed by atoms with E-state index < -0.39 is 0 Å². The van der Waals surface area contributed by atoms with Gasteiger partial charge in [-0.25, -0.2) is 0 Å². The molecule has 0 aliphatic heterocycles. The van der Waals surface area contributed by atoms with E-state index in [9.17, 15) is 0 Å². The van der Waals surface area contributed by atoms with Crippen LogP contribution in [0.5, 0.6) is 0 Å². The third-order valence-electron chi connectivity index (χ3n) is 7.88. The van der Waals surface area contributed by atoms with Gasteiger partial charge in [-0.2, -0.15) is 0 Å². The van der Waals surface area contributed by atoms with Gasteiger partial charge in [-0.1, -0.05) is 155 Å². The fourth-order valence-corrected chi connectivity index (χ4v) is 5.36. The third kappa shape index (κ3) is 26.8. The zero-order valence-electron chi connectivity index (χ0n) is 24.8. The first-order chi connectivity index (χ1) is 16.0. The van der Waals surface area contributed by atoms with Crippen LogP contribution in [0.15, 0.2) is 0 Å². The molecule has 0 fully saturated rings. The lowest BCUT2D eigenvalue weighted by atomic mass is 9.97. The topological polar surface area (TPSA) is 0 Å². The Balaban J connectivity index is 0. The molecule has 0 unspecified atom stereocenters. The van der Waals surface area contributed by atoms with Gasteiger partial charge < -0.3 is 16.9 Å². The first kappa shape index (κ1) is 36.4. The molecule has 0 N–H and O–H groups in total. The van der Waals surface area contributed by atoms with Gasteiger partial charge in [0.2, 0.25) is 0 Å². The van der Waals surface area contributed by atoms with Crippen molar-refractivity contribution in [2.24, 2.45) is 0 Å². The molecule has 0 spiro atoms. The Kier molecular flexibility index (Phi) is 29.8. The molecule has 0 aromatic carbocycles. The quantitative estimate of drug-likeness (QED) is 0.0784. The van der Waals surface area contributed by atoms with E-state index in [1.54, 1.807) is 0 Å². The average molecular weight is 502 g/mol. The second-order valence-corrected chi connectivity index (χ2v) is 12.1. The summed E-state index contributed by atoms with van der Waals surface area (Å²) in [6.07, 6.45) is 37.9. The molecular weight excluding hydrogens is 434 g/mol. The summed E-state index contributed by atoms with van der Waals surface area (Å²) in [6.45, 7) is 4.62. The Morgan fingerprint density at radius 2 is 0.559 bits per heavy atom. The molecule has 0 atom stereocenters. The van der Waals surface area contributed by atoms with E-state index in [-0.39, 0.29) is 12.4 Å². The van der Waals surface area contributed by atoms with Crippen molar-refractivity contribution < 1.29 is 16.9 Å². The minimum absolute atomic E-state index is 0. The maximum Gasteiger partial charge on any atom is 0.0884 e.